The molecule has 2 aliphatic rings. The molecular weight excluding hydrogens is 198 g/mol. The summed E-state index contributed by atoms with van der Waals surface area (Å²) in [6, 6.07) is 4.64. The topological polar surface area (TPSA) is 21.3 Å². The van der Waals surface area contributed by atoms with Crippen LogP contribution in [0.2, 0.25) is 0 Å². The van der Waals surface area contributed by atoms with E-state index in [0.29, 0.717) is 0 Å². The molecule has 2 aliphatic heterocycles. The largest absolute Gasteiger partial charge is 0.493 e. The SMILES string of the molecule is Cc1cc(C2(C)CCCN2)cc2c1OCC2. The maximum Gasteiger partial charge on any atom is 0.125 e. The molecule has 1 unspecified atom stereocenters. The summed E-state index contributed by atoms with van der Waals surface area (Å²) in [5.74, 6) is 1.13. The van der Waals surface area contributed by atoms with E-state index in [1.165, 1.54) is 29.5 Å². The van der Waals surface area contributed by atoms with Crippen molar-refractivity contribution in [2.45, 2.75) is 38.6 Å². The standard InChI is InChI=1S/C14H19NO/c1-10-8-12(14(2)5-3-6-15-14)9-11-4-7-16-13(10)11/h8-9,15H,3-7H2,1-2H3. The Morgan fingerprint density at radius 2 is 2.25 bits per heavy atom. The van der Waals surface area contributed by atoms with Gasteiger partial charge in [0.1, 0.15) is 5.75 Å². The summed E-state index contributed by atoms with van der Waals surface area (Å²) in [5.41, 5.74) is 4.30. The highest BCUT2D eigenvalue weighted by Crippen LogP contribution is 2.37. The summed E-state index contributed by atoms with van der Waals surface area (Å²) in [7, 11) is 0. The van der Waals surface area contributed by atoms with Gasteiger partial charge in [0.2, 0.25) is 0 Å². The highest BCUT2D eigenvalue weighted by Gasteiger charge is 2.31. The average molecular weight is 217 g/mol. The number of hydrogen-bond donors (Lipinski definition) is 1. The molecule has 0 aromatic heterocycles. The van der Waals surface area contributed by atoms with Crippen molar-refractivity contribution in [1.29, 1.82) is 0 Å². The summed E-state index contributed by atoms with van der Waals surface area (Å²) in [6.45, 7) is 6.47. The van der Waals surface area contributed by atoms with Crippen LogP contribution in [-0.2, 0) is 12.0 Å². The molecule has 0 aliphatic carbocycles. The molecule has 1 N–H and O–H groups in total. The smallest absolute Gasteiger partial charge is 0.125 e. The van der Waals surface area contributed by atoms with Crippen LogP contribution in [0.1, 0.15) is 36.5 Å². The van der Waals surface area contributed by atoms with Crippen LogP contribution in [-0.4, -0.2) is 13.2 Å². The lowest BCUT2D eigenvalue weighted by atomic mass is 9.88. The van der Waals surface area contributed by atoms with Gasteiger partial charge in [-0.25, -0.2) is 0 Å². The Hall–Kier alpha value is -1.02. The molecule has 2 heteroatoms. The van der Waals surface area contributed by atoms with Gasteiger partial charge in [-0.2, -0.15) is 0 Å². The fraction of sp³-hybridized carbons (Fsp3) is 0.571. The van der Waals surface area contributed by atoms with Crippen molar-refractivity contribution >= 4 is 0 Å². The van der Waals surface area contributed by atoms with Crippen molar-refractivity contribution in [3.63, 3.8) is 0 Å². The second-order valence-electron chi connectivity index (χ2n) is 5.24. The summed E-state index contributed by atoms with van der Waals surface area (Å²) in [4.78, 5) is 0. The van der Waals surface area contributed by atoms with E-state index in [0.717, 1.165) is 25.3 Å². The number of aryl methyl sites for hydroxylation is 1. The van der Waals surface area contributed by atoms with Crippen LogP contribution >= 0.6 is 0 Å². The van der Waals surface area contributed by atoms with Gasteiger partial charge in [-0.1, -0.05) is 12.1 Å². The third kappa shape index (κ3) is 1.44. The number of benzene rings is 1. The third-order valence-corrected chi connectivity index (χ3v) is 3.98. The normalized spacial score (nSPS) is 27.9. The zero-order valence-corrected chi connectivity index (χ0v) is 10.1. The lowest BCUT2D eigenvalue weighted by Gasteiger charge is -2.26. The summed E-state index contributed by atoms with van der Waals surface area (Å²) >= 11 is 0. The molecule has 0 bridgehead atoms. The number of hydrogen-bond acceptors (Lipinski definition) is 2. The second kappa shape index (κ2) is 3.49. The summed E-state index contributed by atoms with van der Waals surface area (Å²) < 4.78 is 5.66. The van der Waals surface area contributed by atoms with Crippen LogP contribution in [0.3, 0.4) is 0 Å². The zero-order valence-electron chi connectivity index (χ0n) is 10.1. The Kier molecular flexibility index (Phi) is 2.21. The van der Waals surface area contributed by atoms with Gasteiger partial charge in [0, 0.05) is 12.0 Å². The van der Waals surface area contributed by atoms with E-state index >= 15 is 0 Å². The van der Waals surface area contributed by atoms with Crippen molar-refractivity contribution in [1.82, 2.24) is 5.32 Å². The van der Waals surface area contributed by atoms with Crippen LogP contribution in [0.4, 0.5) is 0 Å². The minimum absolute atomic E-state index is 0.183. The predicted octanol–water partition coefficient (Wildman–Crippen LogP) is 2.53. The fourth-order valence-corrected chi connectivity index (χ4v) is 2.96. The number of fused-ring (bicyclic) bond motifs is 1. The number of ether oxygens (including phenoxy) is 1. The van der Waals surface area contributed by atoms with E-state index in [1.54, 1.807) is 0 Å². The minimum atomic E-state index is 0.183. The van der Waals surface area contributed by atoms with Crippen molar-refractivity contribution in [2.24, 2.45) is 0 Å². The fourth-order valence-electron chi connectivity index (χ4n) is 2.96. The molecule has 0 spiro atoms. The third-order valence-electron chi connectivity index (χ3n) is 3.98. The highest BCUT2D eigenvalue weighted by molar-refractivity contribution is 5.48. The van der Waals surface area contributed by atoms with E-state index < -0.39 is 0 Å². The van der Waals surface area contributed by atoms with Gasteiger partial charge >= 0.3 is 0 Å². The van der Waals surface area contributed by atoms with Gasteiger partial charge in [0.15, 0.2) is 0 Å². The predicted molar refractivity (Wildman–Crippen MR) is 65.0 cm³/mol. The van der Waals surface area contributed by atoms with Gasteiger partial charge in [0.25, 0.3) is 0 Å². The molecule has 1 saturated heterocycles. The first kappa shape index (κ1) is 10.2. The highest BCUT2D eigenvalue weighted by atomic mass is 16.5. The molecule has 86 valence electrons. The molecule has 1 aromatic rings. The lowest BCUT2D eigenvalue weighted by Crippen LogP contribution is -2.33. The van der Waals surface area contributed by atoms with Gasteiger partial charge in [0.05, 0.1) is 6.61 Å². The molecule has 1 atom stereocenters. The molecule has 0 saturated carbocycles. The van der Waals surface area contributed by atoms with Gasteiger partial charge < -0.3 is 10.1 Å². The summed E-state index contributed by atoms with van der Waals surface area (Å²) in [5, 5.41) is 3.63. The Morgan fingerprint density at radius 1 is 1.38 bits per heavy atom. The second-order valence-corrected chi connectivity index (χ2v) is 5.24. The monoisotopic (exact) mass is 217 g/mol. The van der Waals surface area contributed by atoms with Gasteiger partial charge in [-0.3, -0.25) is 0 Å². The van der Waals surface area contributed by atoms with Crippen LogP contribution in [0.25, 0.3) is 0 Å². The van der Waals surface area contributed by atoms with Gasteiger partial charge in [-0.15, -0.1) is 0 Å². The van der Waals surface area contributed by atoms with Crippen molar-refractivity contribution in [3.05, 3.63) is 28.8 Å². The number of rotatable bonds is 1. The Morgan fingerprint density at radius 3 is 3.00 bits per heavy atom. The molecule has 16 heavy (non-hydrogen) atoms. The minimum Gasteiger partial charge on any atom is -0.493 e. The van der Waals surface area contributed by atoms with E-state index in [-0.39, 0.29) is 5.54 Å². The Labute approximate surface area is 97.0 Å². The first-order valence-corrected chi connectivity index (χ1v) is 6.21. The molecule has 1 fully saturated rings. The van der Waals surface area contributed by atoms with E-state index in [9.17, 15) is 0 Å². The molecule has 2 nitrogen and oxygen atoms in total. The quantitative estimate of drug-likeness (QED) is 0.780. The first-order valence-electron chi connectivity index (χ1n) is 6.21. The summed E-state index contributed by atoms with van der Waals surface area (Å²) in [6.07, 6.45) is 3.59. The average Bonchev–Trinajstić information content (AvgIpc) is 2.86. The van der Waals surface area contributed by atoms with Crippen molar-refractivity contribution < 1.29 is 4.74 Å². The molecule has 0 amide bonds. The van der Waals surface area contributed by atoms with Crippen LogP contribution < -0.4 is 10.1 Å². The van der Waals surface area contributed by atoms with Gasteiger partial charge in [-0.05, 0) is 49.9 Å². The molecular formula is C14H19NO. The Balaban J connectivity index is 2.05. The molecule has 0 radical (unpaired) electrons. The van der Waals surface area contributed by atoms with E-state index in [1.807, 2.05) is 0 Å². The maximum atomic E-state index is 5.66. The van der Waals surface area contributed by atoms with Crippen LogP contribution in [0.5, 0.6) is 5.75 Å². The molecule has 3 rings (SSSR count). The van der Waals surface area contributed by atoms with E-state index in [2.05, 4.69) is 31.3 Å². The maximum absolute atomic E-state index is 5.66. The van der Waals surface area contributed by atoms with Crippen molar-refractivity contribution in [2.75, 3.05) is 13.2 Å². The van der Waals surface area contributed by atoms with Crippen molar-refractivity contribution in [3.8, 4) is 5.75 Å². The van der Waals surface area contributed by atoms with Crippen LogP contribution in [0.15, 0.2) is 12.1 Å². The zero-order chi connectivity index (χ0) is 11.2. The number of nitrogens with one attached hydrogen (secondary N) is 1. The lowest BCUT2D eigenvalue weighted by molar-refractivity contribution is 0.354. The molecule has 2 heterocycles. The van der Waals surface area contributed by atoms with E-state index in [4.69, 9.17) is 4.74 Å². The Bertz CT molecular complexity index is 419. The first-order chi connectivity index (χ1) is 7.69. The molecule has 1 aromatic carbocycles. The van der Waals surface area contributed by atoms with Crippen LogP contribution in [0, 0.1) is 6.92 Å².